The zero-order chi connectivity index (χ0) is 13.9. The minimum absolute atomic E-state index is 0.903. The smallest absolute Gasteiger partial charge is 0.0992 e. The van der Waals surface area contributed by atoms with Gasteiger partial charge in [0, 0.05) is 25.3 Å². The Kier molecular flexibility index (Phi) is 3.48. The van der Waals surface area contributed by atoms with Crippen LogP contribution >= 0.6 is 11.3 Å². The number of aromatic nitrogens is 2. The topological polar surface area (TPSA) is 29.0 Å². The fourth-order valence-corrected chi connectivity index (χ4v) is 2.80. The van der Waals surface area contributed by atoms with Gasteiger partial charge in [0.05, 0.1) is 28.7 Å². The van der Waals surface area contributed by atoms with Crippen molar-refractivity contribution in [3.8, 4) is 21.8 Å². The van der Waals surface area contributed by atoms with Crippen molar-refractivity contribution in [3.63, 3.8) is 0 Å². The average molecular weight is 281 g/mol. The monoisotopic (exact) mass is 281 g/mol. The minimum Gasteiger partial charge on any atom is -0.377 e. The fraction of sp³-hybridized carbons (Fsp3) is 0.125. The van der Waals surface area contributed by atoms with Crippen molar-refractivity contribution in [2.24, 2.45) is 0 Å². The van der Waals surface area contributed by atoms with Gasteiger partial charge in [-0.05, 0) is 17.5 Å². The molecule has 0 atom stereocenters. The molecule has 100 valence electrons. The molecule has 0 aliphatic rings. The number of anilines is 1. The van der Waals surface area contributed by atoms with E-state index in [0.717, 1.165) is 27.5 Å². The maximum absolute atomic E-state index is 4.75. The van der Waals surface area contributed by atoms with Crippen molar-refractivity contribution in [2.45, 2.75) is 0 Å². The summed E-state index contributed by atoms with van der Waals surface area (Å²) in [7, 11) is 4.07. The van der Waals surface area contributed by atoms with E-state index in [2.05, 4.69) is 33.5 Å². The lowest BCUT2D eigenvalue weighted by molar-refractivity contribution is 1.12. The summed E-state index contributed by atoms with van der Waals surface area (Å²) in [6, 6.07) is 12.3. The number of rotatable bonds is 3. The second-order valence-electron chi connectivity index (χ2n) is 4.68. The van der Waals surface area contributed by atoms with Crippen LogP contribution in [0.1, 0.15) is 0 Å². The van der Waals surface area contributed by atoms with Crippen LogP contribution in [0.4, 0.5) is 5.69 Å². The number of hydrogen-bond acceptors (Lipinski definition) is 4. The molecule has 2 aromatic heterocycles. The second-order valence-corrected chi connectivity index (χ2v) is 5.63. The highest BCUT2D eigenvalue weighted by atomic mass is 32.1. The molecule has 3 rings (SSSR count). The summed E-state index contributed by atoms with van der Waals surface area (Å²) < 4.78 is 0. The molecule has 0 saturated heterocycles. The maximum atomic E-state index is 4.75. The Morgan fingerprint density at radius 2 is 1.75 bits per heavy atom. The first-order chi connectivity index (χ1) is 9.75. The van der Waals surface area contributed by atoms with E-state index in [4.69, 9.17) is 4.98 Å². The Hall–Kier alpha value is -2.20. The van der Waals surface area contributed by atoms with E-state index in [1.807, 2.05) is 44.7 Å². The molecule has 0 fully saturated rings. The third-order valence-corrected chi connectivity index (χ3v) is 3.96. The molecule has 1 aromatic carbocycles. The molecule has 0 bridgehead atoms. The first kappa shape index (κ1) is 12.8. The van der Waals surface area contributed by atoms with Gasteiger partial charge in [-0.3, -0.25) is 4.98 Å². The SMILES string of the molecule is CN(C)c1ccccc1-c1cncc(-c2cccs2)n1. The van der Waals surface area contributed by atoms with Crippen molar-refractivity contribution in [1.29, 1.82) is 0 Å². The predicted octanol–water partition coefficient (Wildman–Crippen LogP) is 3.94. The van der Waals surface area contributed by atoms with E-state index in [0.29, 0.717) is 0 Å². The lowest BCUT2D eigenvalue weighted by Crippen LogP contribution is -2.10. The summed E-state index contributed by atoms with van der Waals surface area (Å²) in [4.78, 5) is 12.3. The van der Waals surface area contributed by atoms with Gasteiger partial charge in [0.2, 0.25) is 0 Å². The van der Waals surface area contributed by atoms with E-state index < -0.39 is 0 Å². The van der Waals surface area contributed by atoms with Crippen LogP contribution in [0.2, 0.25) is 0 Å². The van der Waals surface area contributed by atoms with Crippen LogP contribution in [0.3, 0.4) is 0 Å². The van der Waals surface area contributed by atoms with Gasteiger partial charge in [0.15, 0.2) is 0 Å². The molecule has 0 aliphatic heterocycles. The highest BCUT2D eigenvalue weighted by Gasteiger charge is 2.09. The molecular weight excluding hydrogens is 266 g/mol. The van der Waals surface area contributed by atoms with E-state index in [9.17, 15) is 0 Å². The summed E-state index contributed by atoms with van der Waals surface area (Å²) in [5, 5.41) is 2.05. The zero-order valence-corrected chi connectivity index (χ0v) is 12.3. The van der Waals surface area contributed by atoms with Crippen LogP contribution in [0, 0.1) is 0 Å². The van der Waals surface area contributed by atoms with Crippen molar-refractivity contribution in [2.75, 3.05) is 19.0 Å². The molecule has 0 amide bonds. The average Bonchev–Trinajstić information content (AvgIpc) is 3.01. The maximum Gasteiger partial charge on any atom is 0.0992 e. The van der Waals surface area contributed by atoms with Crippen LogP contribution < -0.4 is 4.90 Å². The van der Waals surface area contributed by atoms with E-state index in [1.54, 1.807) is 11.3 Å². The Labute approximate surface area is 122 Å². The third kappa shape index (κ3) is 2.42. The summed E-state index contributed by atoms with van der Waals surface area (Å²) in [5.74, 6) is 0. The van der Waals surface area contributed by atoms with Crippen molar-refractivity contribution >= 4 is 17.0 Å². The molecule has 20 heavy (non-hydrogen) atoms. The second kappa shape index (κ2) is 5.43. The molecule has 0 radical (unpaired) electrons. The molecule has 2 heterocycles. The Morgan fingerprint density at radius 3 is 2.50 bits per heavy atom. The van der Waals surface area contributed by atoms with E-state index >= 15 is 0 Å². The number of benzene rings is 1. The summed E-state index contributed by atoms with van der Waals surface area (Å²) in [6.07, 6.45) is 3.63. The van der Waals surface area contributed by atoms with Gasteiger partial charge in [-0.1, -0.05) is 24.3 Å². The van der Waals surface area contributed by atoms with E-state index in [1.165, 1.54) is 0 Å². The standard InChI is InChI=1S/C16H15N3S/c1-19(2)15-7-4-3-6-12(15)13-10-17-11-14(18-13)16-8-5-9-20-16/h3-11H,1-2H3. The van der Waals surface area contributed by atoms with Gasteiger partial charge in [0.25, 0.3) is 0 Å². The fourth-order valence-electron chi connectivity index (χ4n) is 2.12. The van der Waals surface area contributed by atoms with Crippen LogP contribution in [0.5, 0.6) is 0 Å². The van der Waals surface area contributed by atoms with Gasteiger partial charge in [-0.25, -0.2) is 4.98 Å². The minimum atomic E-state index is 0.903. The van der Waals surface area contributed by atoms with Gasteiger partial charge in [0.1, 0.15) is 0 Å². The van der Waals surface area contributed by atoms with Gasteiger partial charge >= 0.3 is 0 Å². The summed E-state index contributed by atoms with van der Waals surface area (Å²) in [5.41, 5.74) is 4.07. The van der Waals surface area contributed by atoms with Crippen molar-refractivity contribution in [1.82, 2.24) is 9.97 Å². The molecule has 0 spiro atoms. The first-order valence-electron chi connectivity index (χ1n) is 6.38. The van der Waals surface area contributed by atoms with Crippen LogP contribution in [0.25, 0.3) is 21.8 Å². The molecule has 4 heteroatoms. The molecule has 3 aromatic rings. The third-order valence-electron chi connectivity index (χ3n) is 3.07. The van der Waals surface area contributed by atoms with Crippen molar-refractivity contribution < 1.29 is 0 Å². The predicted molar refractivity (Wildman–Crippen MR) is 85.1 cm³/mol. The number of thiophene rings is 1. The molecule has 0 aliphatic carbocycles. The normalized spacial score (nSPS) is 10.5. The Balaban J connectivity index is 2.10. The lowest BCUT2D eigenvalue weighted by atomic mass is 10.1. The molecule has 3 nitrogen and oxygen atoms in total. The van der Waals surface area contributed by atoms with Gasteiger partial charge in [-0.15, -0.1) is 11.3 Å². The number of hydrogen-bond donors (Lipinski definition) is 0. The summed E-state index contributed by atoms with van der Waals surface area (Å²) in [6.45, 7) is 0. The van der Waals surface area contributed by atoms with Gasteiger partial charge < -0.3 is 4.90 Å². The highest BCUT2D eigenvalue weighted by molar-refractivity contribution is 7.13. The van der Waals surface area contributed by atoms with Crippen molar-refractivity contribution in [3.05, 3.63) is 54.2 Å². The quantitative estimate of drug-likeness (QED) is 0.728. The van der Waals surface area contributed by atoms with Crippen LogP contribution in [-0.2, 0) is 0 Å². The Bertz CT molecular complexity index is 705. The Morgan fingerprint density at radius 1 is 0.950 bits per heavy atom. The summed E-state index contributed by atoms with van der Waals surface area (Å²) >= 11 is 1.68. The first-order valence-corrected chi connectivity index (χ1v) is 7.26. The molecule has 0 saturated carbocycles. The van der Waals surface area contributed by atoms with Gasteiger partial charge in [-0.2, -0.15) is 0 Å². The number of nitrogens with zero attached hydrogens (tertiary/aromatic N) is 3. The molecule has 0 unspecified atom stereocenters. The van der Waals surface area contributed by atoms with Crippen LogP contribution in [-0.4, -0.2) is 24.1 Å². The zero-order valence-electron chi connectivity index (χ0n) is 11.4. The molecular formula is C16H15N3S. The highest BCUT2D eigenvalue weighted by Crippen LogP contribution is 2.30. The van der Waals surface area contributed by atoms with Crippen LogP contribution in [0.15, 0.2) is 54.2 Å². The van der Waals surface area contributed by atoms with E-state index in [-0.39, 0.29) is 0 Å². The lowest BCUT2D eigenvalue weighted by Gasteiger charge is -2.16. The number of para-hydroxylation sites is 1. The molecule has 0 N–H and O–H groups in total. The largest absolute Gasteiger partial charge is 0.377 e.